The second-order valence-electron chi connectivity index (χ2n) is 5.09. The van der Waals surface area contributed by atoms with Crippen molar-refractivity contribution in [2.45, 2.75) is 39.0 Å². The lowest BCUT2D eigenvalue weighted by Crippen LogP contribution is -2.22. The zero-order valence-electron chi connectivity index (χ0n) is 12.0. The normalized spacial score (nSPS) is 13.6. The maximum absolute atomic E-state index is 11.7. The van der Waals surface area contributed by atoms with E-state index in [0.717, 1.165) is 11.1 Å². The van der Waals surface area contributed by atoms with Gasteiger partial charge in [-0.3, -0.25) is 0 Å². The van der Waals surface area contributed by atoms with Gasteiger partial charge in [0, 0.05) is 11.6 Å². The van der Waals surface area contributed by atoms with E-state index in [1.54, 1.807) is 13.8 Å². The first-order valence-electron chi connectivity index (χ1n) is 6.44. The molecule has 1 rings (SSSR count). The van der Waals surface area contributed by atoms with Crippen LogP contribution < -0.4 is 10.5 Å². The first kappa shape index (κ1) is 16.0. The smallest absolute Gasteiger partial charge is 0.155 e. The van der Waals surface area contributed by atoms with Crippen LogP contribution in [0.25, 0.3) is 0 Å². The number of sulfone groups is 1. The zero-order valence-corrected chi connectivity index (χ0v) is 12.8. The van der Waals surface area contributed by atoms with Crippen molar-refractivity contribution in [3.63, 3.8) is 0 Å². The maximum Gasteiger partial charge on any atom is 0.155 e. The van der Waals surface area contributed by atoms with E-state index in [2.05, 4.69) is 0 Å². The van der Waals surface area contributed by atoms with Crippen molar-refractivity contribution in [1.82, 2.24) is 0 Å². The Kier molecular flexibility index (Phi) is 5.38. The van der Waals surface area contributed by atoms with Crippen LogP contribution in [-0.2, 0) is 9.84 Å². The number of benzene rings is 1. The van der Waals surface area contributed by atoms with E-state index in [1.807, 2.05) is 32.0 Å². The van der Waals surface area contributed by atoms with Crippen LogP contribution in [0.15, 0.2) is 18.2 Å². The van der Waals surface area contributed by atoms with Crippen LogP contribution in [0.3, 0.4) is 0 Å². The number of hydrogen-bond donors (Lipinski definition) is 1. The molecule has 108 valence electrons. The van der Waals surface area contributed by atoms with Crippen LogP contribution in [0.5, 0.6) is 5.75 Å². The molecular weight excluding hydrogens is 262 g/mol. The summed E-state index contributed by atoms with van der Waals surface area (Å²) in [6.07, 6.45) is 0. The van der Waals surface area contributed by atoms with Gasteiger partial charge in [0.1, 0.15) is 12.4 Å². The summed E-state index contributed by atoms with van der Waals surface area (Å²) >= 11 is 0. The van der Waals surface area contributed by atoms with Crippen molar-refractivity contribution in [2.75, 3.05) is 12.4 Å². The third kappa shape index (κ3) is 4.51. The highest BCUT2D eigenvalue weighted by Crippen LogP contribution is 2.25. The Morgan fingerprint density at radius 1 is 1.26 bits per heavy atom. The number of hydrogen-bond acceptors (Lipinski definition) is 4. The van der Waals surface area contributed by atoms with E-state index in [9.17, 15) is 8.42 Å². The molecule has 0 radical (unpaired) electrons. The summed E-state index contributed by atoms with van der Waals surface area (Å²) in [5.74, 6) is 0.691. The van der Waals surface area contributed by atoms with E-state index in [-0.39, 0.29) is 23.7 Å². The SMILES string of the molecule is Cc1ccc(OCCS(=O)(=O)C(C)C)c([C@H](C)N)c1. The first-order chi connectivity index (χ1) is 8.74. The summed E-state index contributed by atoms with van der Waals surface area (Å²) < 4.78 is 29.0. The minimum absolute atomic E-state index is 0.0247. The summed E-state index contributed by atoms with van der Waals surface area (Å²) in [4.78, 5) is 0. The molecular formula is C14H23NO3S. The van der Waals surface area contributed by atoms with Gasteiger partial charge in [-0.05, 0) is 33.8 Å². The van der Waals surface area contributed by atoms with Crippen LogP contribution >= 0.6 is 0 Å². The van der Waals surface area contributed by atoms with Crippen molar-refractivity contribution < 1.29 is 13.2 Å². The lowest BCUT2D eigenvalue weighted by molar-refractivity contribution is 0.335. The molecule has 0 saturated carbocycles. The highest BCUT2D eigenvalue weighted by molar-refractivity contribution is 7.91. The molecule has 0 fully saturated rings. The van der Waals surface area contributed by atoms with E-state index in [4.69, 9.17) is 10.5 Å². The highest BCUT2D eigenvalue weighted by Gasteiger charge is 2.16. The molecule has 0 amide bonds. The lowest BCUT2D eigenvalue weighted by Gasteiger charge is -2.15. The van der Waals surface area contributed by atoms with Gasteiger partial charge in [0.25, 0.3) is 0 Å². The van der Waals surface area contributed by atoms with E-state index in [1.165, 1.54) is 0 Å². The van der Waals surface area contributed by atoms with Crippen molar-refractivity contribution in [2.24, 2.45) is 5.73 Å². The molecule has 0 bridgehead atoms. The molecule has 4 nitrogen and oxygen atoms in total. The summed E-state index contributed by atoms with van der Waals surface area (Å²) in [6.45, 7) is 7.37. The Hall–Kier alpha value is -1.07. The number of ether oxygens (including phenoxy) is 1. The first-order valence-corrected chi connectivity index (χ1v) is 8.16. The van der Waals surface area contributed by atoms with Gasteiger partial charge < -0.3 is 10.5 Å². The molecule has 1 aromatic rings. The molecule has 0 saturated heterocycles. The van der Waals surface area contributed by atoms with E-state index >= 15 is 0 Å². The van der Waals surface area contributed by atoms with Gasteiger partial charge in [0.15, 0.2) is 9.84 Å². The molecule has 2 N–H and O–H groups in total. The zero-order chi connectivity index (χ0) is 14.6. The average Bonchev–Trinajstić information content (AvgIpc) is 2.30. The molecule has 1 atom stereocenters. The molecule has 0 aliphatic rings. The Bertz CT molecular complexity index is 521. The highest BCUT2D eigenvalue weighted by atomic mass is 32.2. The maximum atomic E-state index is 11.7. The fourth-order valence-electron chi connectivity index (χ4n) is 1.66. The Labute approximate surface area is 115 Å². The van der Waals surface area contributed by atoms with Crippen LogP contribution in [0.1, 0.15) is 37.9 Å². The van der Waals surface area contributed by atoms with Gasteiger partial charge in [-0.1, -0.05) is 17.7 Å². The van der Waals surface area contributed by atoms with Gasteiger partial charge >= 0.3 is 0 Å². The molecule has 0 spiro atoms. The third-order valence-corrected chi connectivity index (χ3v) is 5.17. The number of nitrogens with two attached hydrogens (primary N) is 1. The third-order valence-electron chi connectivity index (χ3n) is 3.00. The summed E-state index contributed by atoms with van der Waals surface area (Å²) in [5.41, 5.74) is 7.90. The quantitative estimate of drug-likeness (QED) is 0.870. The molecule has 0 aromatic heterocycles. The molecule has 0 heterocycles. The Balaban J connectivity index is 2.74. The summed E-state index contributed by atoms with van der Waals surface area (Å²) in [7, 11) is -3.07. The molecule has 5 heteroatoms. The topological polar surface area (TPSA) is 69.4 Å². The van der Waals surface area contributed by atoms with Crippen molar-refractivity contribution in [3.8, 4) is 5.75 Å². The van der Waals surface area contributed by atoms with Gasteiger partial charge in [0.2, 0.25) is 0 Å². The van der Waals surface area contributed by atoms with Gasteiger partial charge in [-0.25, -0.2) is 8.42 Å². The lowest BCUT2D eigenvalue weighted by atomic mass is 10.1. The van der Waals surface area contributed by atoms with E-state index < -0.39 is 9.84 Å². The second-order valence-corrected chi connectivity index (χ2v) is 7.77. The predicted octanol–water partition coefficient (Wildman–Crippen LogP) is 2.22. The van der Waals surface area contributed by atoms with Crippen LogP contribution in [0.4, 0.5) is 0 Å². The summed E-state index contributed by atoms with van der Waals surface area (Å²) in [5, 5.41) is -0.373. The van der Waals surface area contributed by atoms with Gasteiger partial charge in [-0.15, -0.1) is 0 Å². The molecule has 0 aliphatic carbocycles. The monoisotopic (exact) mass is 285 g/mol. The van der Waals surface area contributed by atoms with Crippen molar-refractivity contribution >= 4 is 9.84 Å². The fraction of sp³-hybridized carbons (Fsp3) is 0.571. The van der Waals surface area contributed by atoms with Crippen LogP contribution in [-0.4, -0.2) is 26.0 Å². The predicted molar refractivity (Wildman–Crippen MR) is 78.2 cm³/mol. The van der Waals surface area contributed by atoms with Crippen LogP contribution in [0.2, 0.25) is 0 Å². The average molecular weight is 285 g/mol. The second kappa shape index (κ2) is 6.39. The minimum Gasteiger partial charge on any atom is -0.492 e. The van der Waals surface area contributed by atoms with Gasteiger partial charge in [-0.2, -0.15) is 0 Å². The summed E-state index contributed by atoms with van der Waals surface area (Å²) in [6, 6.07) is 5.60. The van der Waals surface area contributed by atoms with E-state index in [0.29, 0.717) is 5.75 Å². The molecule has 1 aromatic carbocycles. The Morgan fingerprint density at radius 3 is 2.42 bits per heavy atom. The number of aryl methyl sites for hydroxylation is 1. The largest absolute Gasteiger partial charge is 0.492 e. The Morgan fingerprint density at radius 2 is 1.89 bits per heavy atom. The molecule has 0 aliphatic heterocycles. The fourth-order valence-corrected chi connectivity index (χ4v) is 2.45. The standard InChI is InChI=1S/C14H23NO3S/c1-10(2)19(16,17)8-7-18-14-6-5-11(3)9-13(14)12(4)15/h5-6,9-10,12H,7-8,15H2,1-4H3/t12-/m0/s1. The number of rotatable bonds is 6. The van der Waals surface area contributed by atoms with Crippen LogP contribution in [0, 0.1) is 6.92 Å². The van der Waals surface area contributed by atoms with Gasteiger partial charge in [0.05, 0.1) is 11.0 Å². The molecule has 19 heavy (non-hydrogen) atoms. The minimum atomic E-state index is -3.07. The van der Waals surface area contributed by atoms with Crippen molar-refractivity contribution in [3.05, 3.63) is 29.3 Å². The van der Waals surface area contributed by atoms with Crippen molar-refractivity contribution in [1.29, 1.82) is 0 Å². The molecule has 0 unspecified atom stereocenters.